The van der Waals surface area contributed by atoms with Crippen molar-refractivity contribution in [3.8, 4) is 0 Å². The van der Waals surface area contributed by atoms with Gasteiger partial charge >= 0.3 is 0 Å². The molecule has 0 radical (unpaired) electrons. The van der Waals surface area contributed by atoms with Crippen LogP contribution < -0.4 is 0 Å². The molecule has 2 heterocycles. The van der Waals surface area contributed by atoms with Crippen molar-refractivity contribution in [2.75, 3.05) is 13.2 Å². The highest BCUT2D eigenvalue weighted by atomic mass is 79.9. The molecule has 0 unspecified atom stereocenters. The summed E-state index contributed by atoms with van der Waals surface area (Å²) in [5.41, 5.74) is 0.166. The Morgan fingerprint density at radius 2 is 2.21 bits per heavy atom. The zero-order chi connectivity index (χ0) is 13.6. The van der Waals surface area contributed by atoms with E-state index in [2.05, 4.69) is 26.2 Å². The van der Waals surface area contributed by atoms with Crippen molar-refractivity contribution in [1.82, 2.24) is 15.0 Å². The van der Waals surface area contributed by atoms with E-state index in [1.54, 1.807) is 0 Å². The van der Waals surface area contributed by atoms with E-state index in [0.29, 0.717) is 13.0 Å². The summed E-state index contributed by atoms with van der Waals surface area (Å²) in [5.74, 6) is -2.03. The largest absolute Gasteiger partial charge is 0.391 e. The Balaban J connectivity index is 2.17. The monoisotopic (exact) mass is 333 g/mol. The van der Waals surface area contributed by atoms with E-state index in [9.17, 15) is 13.9 Å². The van der Waals surface area contributed by atoms with E-state index in [1.165, 1.54) is 10.7 Å². The minimum atomic E-state index is -1.04. The van der Waals surface area contributed by atoms with Crippen molar-refractivity contribution in [3.05, 3.63) is 22.2 Å². The summed E-state index contributed by atoms with van der Waals surface area (Å²) in [6.45, 7) is 0.628. The number of halogens is 3. The first kappa shape index (κ1) is 12.9. The second kappa shape index (κ2) is 4.77. The summed E-state index contributed by atoms with van der Waals surface area (Å²) in [5, 5.41) is 17.5. The van der Waals surface area contributed by atoms with Gasteiger partial charge in [0.15, 0.2) is 11.6 Å². The molecule has 0 saturated carbocycles. The first-order valence-electron chi connectivity index (χ1n) is 5.74. The van der Waals surface area contributed by atoms with Gasteiger partial charge in [-0.15, -0.1) is 5.10 Å². The molecule has 1 saturated heterocycles. The molecule has 1 aromatic carbocycles. The second-order valence-corrected chi connectivity index (χ2v) is 5.24. The average Bonchev–Trinajstić information content (AvgIpc) is 2.80. The first-order valence-corrected chi connectivity index (χ1v) is 6.53. The minimum Gasteiger partial charge on any atom is -0.391 e. The number of hydrogen-bond acceptors (Lipinski definition) is 4. The molecule has 19 heavy (non-hydrogen) atoms. The van der Waals surface area contributed by atoms with Crippen molar-refractivity contribution in [2.24, 2.45) is 0 Å². The molecule has 0 aliphatic carbocycles. The highest BCUT2D eigenvalue weighted by molar-refractivity contribution is 9.10. The summed E-state index contributed by atoms with van der Waals surface area (Å²) in [7, 11) is 0. The fourth-order valence-electron chi connectivity index (χ4n) is 2.19. The lowest BCUT2D eigenvalue weighted by molar-refractivity contribution is -0.0322. The average molecular weight is 334 g/mol. The number of nitrogens with zero attached hydrogens (tertiary/aromatic N) is 3. The predicted molar refractivity (Wildman–Crippen MR) is 65.6 cm³/mol. The third kappa shape index (κ3) is 2.03. The lowest BCUT2D eigenvalue weighted by Crippen LogP contribution is -2.34. The van der Waals surface area contributed by atoms with Crippen LogP contribution in [-0.2, 0) is 4.74 Å². The van der Waals surface area contributed by atoms with Gasteiger partial charge < -0.3 is 9.84 Å². The molecule has 2 aromatic rings. The highest BCUT2D eigenvalue weighted by Crippen LogP contribution is 2.29. The zero-order valence-corrected chi connectivity index (χ0v) is 11.3. The molecule has 1 aromatic heterocycles. The third-order valence-electron chi connectivity index (χ3n) is 3.20. The SMILES string of the molecule is O[C@H]1CCOC[C@@H]1n1nnc2cc(Br)c(F)c(F)c21. The predicted octanol–water partition coefficient (Wildman–Crippen LogP) is 1.79. The normalized spacial score (nSPS) is 24.0. The number of benzene rings is 1. The zero-order valence-electron chi connectivity index (χ0n) is 9.68. The van der Waals surface area contributed by atoms with Crippen LogP contribution in [0.4, 0.5) is 8.78 Å². The van der Waals surface area contributed by atoms with Gasteiger partial charge in [-0.25, -0.2) is 13.5 Å². The van der Waals surface area contributed by atoms with Gasteiger partial charge in [-0.05, 0) is 28.4 Å². The van der Waals surface area contributed by atoms with Crippen molar-refractivity contribution in [3.63, 3.8) is 0 Å². The summed E-state index contributed by atoms with van der Waals surface area (Å²) < 4.78 is 34.0. The Bertz CT molecular complexity index is 634. The number of aromatic nitrogens is 3. The van der Waals surface area contributed by atoms with Crippen LogP contribution in [0.25, 0.3) is 11.0 Å². The van der Waals surface area contributed by atoms with Gasteiger partial charge in [-0.1, -0.05) is 5.21 Å². The summed E-state index contributed by atoms with van der Waals surface area (Å²) in [4.78, 5) is 0. The third-order valence-corrected chi connectivity index (χ3v) is 3.78. The maximum absolute atomic E-state index is 14.0. The lowest BCUT2D eigenvalue weighted by atomic mass is 10.1. The van der Waals surface area contributed by atoms with Gasteiger partial charge in [0.05, 0.1) is 17.2 Å². The van der Waals surface area contributed by atoms with E-state index >= 15 is 0 Å². The highest BCUT2D eigenvalue weighted by Gasteiger charge is 2.29. The van der Waals surface area contributed by atoms with Gasteiger partial charge in [0.2, 0.25) is 0 Å². The molecule has 3 rings (SSSR count). The molecule has 0 spiro atoms. The Morgan fingerprint density at radius 3 is 2.95 bits per heavy atom. The van der Waals surface area contributed by atoms with Crippen LogP contribution in [0.15, 0.2) is 10.5 Å². The number of ether oxygens (including phenoxy) is 1. The van der Waals surface area contributed by atoms with Crippen LogP contribution in [0.5, 0.6) is 0 Å². The molecule has 1 aliphatic rings. The van der Waals surface area contributed by atoms with Crippen LogP contribution in [0.3, 0.4) is 0 Å². The summed E-state index contributed by atoms with van der Waals surface area (Å²) in [6.07, 6.45) is -0.295. The topological polar surface area (TPSA) is 60.2 Å². The minimum absolute atomic E-state index is 0.00927. The molecule has 1 aliphatic heterocycles. The van der Waals surface area contributed by atoms with Gasteiger partial charge in [0.25, 0.3) is 0 Å². The number of rotatable bonds is 1. The molecule has 102 valence electrons. The van der Waals surface area contributed by atoms with Crippen molar-refractivity contribution >= 4 is 27.0 Å². The van der Waals surface area contributed by atoms with E-state index in [4.69, 9.17) is 4.74 Å². The first-order chi connectivity index (χ1) is 9.09. The van der Waals surface area contributed by atoms with Crippen LogP contribution in [-0.4, -0.2) is 39.4 Å². The van der Waals surface area contributed by atoms with Gasteiger partial charge in [0, 0.05) is 6.61 Å². The van der Waals surface area contributed by atoms with Crippen molar-refractivity contribution in [1.29, 1.82) is 0 Å². The quantitative estimate of drug-likeness (QED) is 0.808. The molecule has 0 amide bonds. The second-order valence-electron chi connectivity index (χ2n) is 4.39. The number of aliphatic hydroxyl groups excluding tert-OH is 1. The van der Waals surface area contributed by atoms with Crippen LogP contribution in [0.1, 0.15) is 12.5 Å². The van der Waals surface area contributed by atoms with Crippen LogP contribution >= 0.6 is 15.9 Å². The van der Waals surface area contributed by atoms with Crippen LogP contribution in [0.2, 0.25) is 0 Å². The van der Waals surface area contributed by atoms with E-state index in [-0.39, 0.29) is 22.1 Å². The van der Waals surface area contributed by atoms with Crippen molar-refractivity contribution in [2.45, 2.75) is 18.6 Å². The smallest absolute Gasteiger partial charge is 0.187 e. The maximum atomic E-state index is 14.0. The molecular weight excluding hydrogens is 324 g/mol. The number of hydrogen-bond donors (Lipinski definition) is 1. The molecule has 5 nitrogen and oxygen atoms in total. The molecule has 1 fully saturated rings. The molecule has 2 atom stereocenters. The van der Waals surface area contributed by atoms with Crippen molar-refractivity contribution < 1.29 is 18.6 Å². The van der Waals surface area contributed by atoms with Gasteiger partial charge in [-0.3, -0.25) is 0 Å². The summed E-state index contributed by atoms with van der Waals surface area (Å²) >= 11 is 2.92. The maximum Gasteiger partial charge on any atom is 0.187 e. The fourth-order valence-corrected chi connectivity index (χ4v) is 2.58. The Labute approximate surface area is 115 Å². The molecule has 1 N–H and O–H groups in total. The summed E-state index contributed by atoms with van der Waals surface area (Å²) in [6, 6.07) is 0.793. The van der Waals surface area contributed by atoms with E-state index in [0.717, 1.165) is 0 Å². The standard InChI is InChI=1S/C11H10BrF2N3O2/c12-5-3-6-11(10(14)9(5)13)17(16-15-6)7-4-19-2-1-8(7)18/h3,7-8,18H,1-2,4H2/t7-,8-/m0/s1. The Morgan fingerprint density at radius 1 is 1.42 bits per heavy atom. The van der Waals surface area contributed by atoms with Gasteiger partial charge in [0.1, 0.15) is 17.1 Å². The molecule has 8 heteroatoms. The Hall–Kier alpha value is -1.12. The molecular formula is C11H10BrF2N3O2. The van der Waals surface area contributed by atoms with E-state index in [1.807, 2.05) is 0 Å². The molecule has 0 bridgehead atoms. The van der Waals surface area contributed by atoms with Gasteiger partial charge in [-0.2, -0.15) is 0 Å². The lowest BCUT2D eigenvalue weighted by Gasteiger charge is -2.27. The fraction of sp³-hybridized carbons (Fsp3) is 0.455. The van der Waals surface area contributed by atoms with E-state index < -0.39 is 23.8 Å². The Kier molecular flexibility index (Phi) is 3.23. The van der Waals surface area contributed by atoms with Crippen LogP contribution in [0, 0.1) is 11.6 Å². The number of fused-ring (bicyclic) bond motifs is 1. The number of aliphatic hydroxyl groups is 1.